The number of methoxy groups -OCH3 is 1. The highest BCUT2D eigenvalue weighted by molar-refractivity contribution is 5.39. The lowest BCUT2D eigenvalue weighted by atomic mass is 10.3. The predicted molar refractivity (Wildman–Crippen MR) is 78.9 cm³/mol. The molecule has 0 aliphatic carbocycles. The minimum atomic E-state index is 0.431. The van der Waals surface area contributed by atoms with E-state index in [1.807, 2.05) is 42.5 Å². The molecule has 20 heavy (non-hydrogen) atoms. The second-order valence-corrected chi connectivity index (χ2v) is 4.34. The molecule has 2 rings (SSSR count). The zero-order valence-electron chi connectivity index (χ0n) is 11.9. The van der Waals surface area contributed by atoms with E-state index in [1.165, 1.54) is 0 Å². The van der Waals surface area contributed by atoms with Crippen molar-refractivity contribution in [1.29, 1.82) is 0 Å². The van der Waals surface area contributed by atoms with Crippen LogP contribution in [0.5, 0.6) is 11.5 Å². The molecule has 4 nitrogen and oxygen atoms in total. The van der Waals surface area contributed by atoms with Crippen LogP contribution in [0, 0.1) is 0 Å². The lowest BCUT2D eigenvalue weighted by Gasteiger charge is -2.10. The molecule has 106 valence electrons. The summed E-state index contributed by atoms with van der Waals surface area (Å²) in [6.07, 6.45) is 0. The van der Waals surface area contributed by atoms with Crippen LogP contribution in [0.2, 0.25) is 0 Å². The fourth-order valence-electron chi connectivity index (χ4n) is 1.85. The summed E-state index contributed by atoms with van der Waals surface area (Å²) < 4.78 is 11.0. The van der Waals surface area contributed by atoms with Gasteiger partial charge < -0.3 is 14.8 Å². The molecule has 0 saturated carbocycles. The number of hydrogen-bond donors (Lipinski definition) is 1. The van der Waals surface area contributed by atoms with Crippen molar-refractivity contribution in [1.82, 2.24) is 10.3 Å². The zero-order valence-corrected chi connectivity index (χ0v) is 11.9. The molecule has 0 spiro atoms. The number of ether oxygens (including phenoxy) is 2. The number of nitrogens with one attached hydrogen (secondary N) is 1. The van der Waals surface area contributed by atoms with Crippen LogP contribution in [0.25, 0.3) is 0 Å². The molecule has 0 radical (unpaired) electrons. The Bertz CT molecular complexity index is 544. The Morgan fingerprint density at radius 2 is 1.75 bits per heavy atom. The van der Waals surface area contributed by atoms with Crippen LogP contribution in [0.4, 0.5) is 0 Å². The number of nitrogens with zero attached hydrogens (tertiary/aromatic N) is 1. The second-order valence-electron chi connectivity index (χ2n) is 4.34. The van der Waals surface area contributed by atoms with Gasteiger partial charge in [0.15, 0.2) is 11.5 Å². The van der Waals surface area contributed by atoms with E-state index in [2.05, 4.69) is 17.2 Å². The van der Waals surface area contributed by atoms with E-state index in [4.69, 9.17) is 9.47 Å². The standard InChI is InChI=1S/C16H20N2O2/c1-3-17-11-13-7-6-8-14(18-13)12-20-16-10-5-4-9-15(16)19-2/h4-10,17H,3,11-12H2,1-2H3. The summed E-state index contributed by atoms with van der Waals surface area (Å²) in [5.74, 6) is 1.46. The monoisotopic (exact) mass is 272 g/mol. The number of aromatic nitrogens is 1. The van der Waals surface area contributed by atoms with Gasteiger partial charge in [-0.15, -0.1) is 0 Å². The molecular weight excluding hydrogens is 252 g/mol. The Hall–Kier alpha value is -2.07. The molecule has 0 unspecified atom stereocenters. The Labute approximate surface area is 119 Å². The van der Waals surface area contributed by atoms with Gasteiger partial charge in [-0.2, -0.15) is 0 Å². The van der Waals surface area contributed by atoms with Gasteiger partial charge in [0.25, 0.3) is 0 Å². The van der Waals surface area contributed by atoms with Gasteiger partial charge >= 0.3 is 0 Å². The number of benzene rings is 1. The van der Waals surface area contributed by atoms with Gasteiger partial charge in [0, 0.05) is 6.54 Å². The van der Waals surface area contributed by atoms with Crippen LogP contribution in [-0.2, 0) is 13.2 Å². The first-order chi connectivity index (χ1) is 9.83. The molecule has 0 fully saturated rings. The minimum absolute atomic E-state index is 0.431. The molecule has 1 heterocycles. The molecular formula is C16H20N2O2. The normalized spacial score (nSPS) is 10.3. The summed E-state index contributed by atoms with van der Waals surface area (Å²) in [5, 5.41) is 3.26. The second kappa shape index (κ2) is 7.50. The molecule has 4 heteroatoms. The first-order valence-corrected chi connectivity index (χ1v) is 6.75. The van der Waals surface area contributed by atoms with E-state index < -0.39 is 0 Å². The van der Waals surface area contributed by atoms with Gasteiger partial charge in [-0.1, -0.05) is 25.1 Å². The van der Waals surface area contributed by atoms with Crippen LogP contribution in [0.15, 0.2) is 42.5 Å². The topological polar surface area (TPSA) is 43.4 Å². The van der Waals surface area contributed by atoms with E-state index in [9.17, 15) is 0 Å². The van der Waals surface area contributed by atoms with Gasteiger partial charge in [0.1, 0.15) is 6.61 Å². The summed E-state index contributed by atoms with van der Waals surface area (Å²) in [6, 6.07) is 13.6. The molecule has 0 aliphatic rings. The largest absolute Gasteiger partial charge is 0.493 e. The lowest BCUT2D eigenvalue weighted by molar-refractivity contribution is 0.280. The SMILES string of the molecule is CCNCc1cccc(COc2ccccc2OC)n1. The van der Waals surface area contributed by atoms with Gasteiger partial charge in [0.2, 0.25) is 0 Å². The van der Waals surface area contributed by atoms with Gasteiger partial charge in [-0.3, -0.25) is 4.98 Å². The molecule has 1 aromatic heterocycles. The van der Waals surface area contributed by atoms with Crippen molar-refractivity contribution >= 4 is 0 Å². The molecule has 1 N–H and O–H groups in total. The van der Waals surface area contributed by atoms with Crippen molar-refractivity contribution in [2.45, 2.75) is 20.1 Å². The van der Waals surface area contributed by atoms with E-state index in [1.54, 1.807) is 7.11 Å². The fraction of sp³-hybridized carbons (Fsp3) is 0.312. The minimum Gasteiger partial charge on any atom is -0.493 e. The van der Waals surface area contributed by atoms with Crippen molar-refractivity contribution in [3.63, 3.8) is 0 Å². The van der Waals surface area contributed by atoms with Crippen LogP contribution >= 0.6 is 0 Å². The summed E-state index contributed by atoms with van der Waals surface area (Å²) in [6.45, 7) is 4.22. The van der Waals surface area contributed by atoms with Crippen LogP contribution in [0.1, 0.15) is 18.3 Å². The first kappa shape index (κ1) is 14.3. The van der Waals surface area contributed by atoms with Crippen molar-refractivity contribution in [3.8, 4) is 11.5 Å². The van der Waals surface area contributed by atoms with E-state index in [0.717, 1.165) is 36.0 Å². The van der Waals surface area contributed by atoms with Crippen LogP contribution in [0.3, 0.4) is 0 Å². The Balaban J connectivity index is 1.99. The zero-order chi connectivity index (χ0) is 14.2. The van der Waals surface area contributed by atoms with E-state index in [-0.39, 0.29) is 0 Å². The summed E-state index contributed by atoms with van der Waals surface area (Å²) in [4.78, 5) is 4.55. The van der Waals surface area contributed by atoms with E-state index in [0.29, 0.717) is 6.61 Å². The average Bonchev–Trinajstić information content (AvgIpc) is 2.51. The highest BCUT2D eigenvalue weighted by atomic mass is 16.5. The molecule has 0 saturated heterocycles. The van der Waals surface area contributed by atoms with Crippen molar-refractivity contribution in [2.24, 2.45) is 0 Å². The maximum atomic E-state index is 5.77. The quantitative estimate of drug-likeness (QED) is 0.841. The van der Waals surface area contributed by atoms with Gasteiger partial charge in [-0.25, -0.2) is 0 Å². The Kier molecular flexibility index (Phi) is 5.38. The maximum Gasteiger partial charge on any atom is 0.161 e. The average molecular weight is 272 g/mol. The maximum absolute atomic E-state index is 5.77. The summed E-state index contributed by atoms with van der Waals surface area (Å²) in [5.41, 5.74) is 1.93. The number of para-hydroxylation sites is 2. The fourth-order valence-corrected chi connectivity index (χ4v) is 1.85. The summed E-state index contributed by atoms with van der Waals surface area (Å²) >= 11 is 0. The van der Waals surface area contributed by atoms with Gasteiger partial charge in [0.05, 0.1) is 18.5 Å². The van der Waals surface area contributed by atoms with Crippen LogP contribution in [-0.4, -0.2) is 18.6 Å². The predicted octanol–water partition coefficient (Wildman–Crippen LogP) is 2.78. The molecule has 0 amide bonds. The Morgan fingerprint density at radius 1 is 1.00 bits per heavy atom. The van der Waals surface area contributed by atoms with E-state index >= 15 is 0 Å². The number of rotatable bonds is 7. The van der Waals surface area contributed by atoms with Crippen molar-refractivity contribution in [3.05, 3.63) is 53.9 Å². The molecule has 0 bridgehead atoms. The van der Waals surface area contributed by atoms with Crippen molar-refractivity contribution in [2.75, 3.05) is 13.7 Å². The van der Waals surface area contributed by atoms with Crippen LogP contribution < -0.4 is 14.8 Å². The Morgan fingerprint density at radius 3 is 2.50 bits per heavy atom. The van der Waals surface area contributed by atoms with Gasteiger partial charge in [-0.05, 0) is 30.8 Å². The lowest BCUT2D eigenvalue weighted by Crippen LogP contribution is -2.13. The molecule has 1 aromatic carbocycles. The third-order valence-corrected chi connectivity index (χ3v) is 2.87. The third-order valence-electron chi connectivity index (χ3n) is 2.87. The molecule has 0 aliphatic heterocycles. The molecule has 0 atom stereocenters. The first-order valence-electron chi connectivity index (χ1n) is 6.75. The third kappa shape index (κ3) is 3.96. The smallest absolute Gasteiger partial charge is 0.161 e. The number of hydrogen-bond acceptors (Lipinski definition) is 4. The van der Waals surface area contributed by atoms with Crippen molar-refractivity contribution < 1.29 is 9.47 Å². The highest BCUT2D eigenvalue weighted by Crippen LogP contribution is 2.26. The molecule has 2 aromatic rings. The number of pyridine rings is 1. The highest BCUT2D eigenvalue weighted by Gasteiger charge is 2.04. The summed E-state index contributed by atoms with van der Waals surface area (Å²) in [7, 11) is 1.64.